The number of carboxylic acid groups (broad SMARTS) is 1. The van der Waals surface area contributed by atoms with Gasteiger partial charge in [-0.1, -0.05) is 59.6 Å². The highest BCUT2D eigenvalue weighted by atomic mass is 35.5. The normalized spacial score (nSPS) is 13.2. The van der Waals surface area contributed by atoms with E-state index in [9.17, 15) is 14.7 Å². The number of carbonyl (C=O) groups is 2. The van der Waals surface area contributed by atoms with Crippen LogP contribution in [-0.4, -0.2) is 17.0 Å². The zero-order valence-corrected chi connectivity index (χ0v) is 13.3. The number of nitrogens with two attached hydrogens (primary N) is 1. The van der Waals surface area contributed by atoms with Gasteiger partial charge in [-0.05, 0) is 17.7 Å². The standard InChI is InChI=1S/C16H13Cl2NO4/c17-11-7-4-8-12(18)14(11)16(19,15(21)22)23-13(20)9-10-5-2-1-3-6-10/h1-8H,9,19H2,(H,21,22). The van der Waals surface area contributed by atoms with Gasteiger partial charge in [0.25, 0.3) is 5.72 Å². The fourth-order valence-corrected chi connectivity index (χ4v) is 2.71. The van der Waals surface area contributed by atoms with E-state index in [0.29, 0.717) is 5.56 Å². The van der Waals surface area contributed by atoms with Crippen molar-refractivity contribution in [2.45, 2.75) is 12.1 Å². The van der Waals surface area contributed by atoms with Crippen LogP contribution in [0.4, 0.5) is 0 Å². The van der Waals surface area contributed by atoms with E-state index < -0.39 is 17.7 Å². The molecule has 2 aromatic carbocycles. The van der Waals surface area contributed by atoms with E-state index >= 15 is 0 Å². The van der Waals surface area contributed by atoms with Crippen LogP contribution in [0.2, 0.25) is 10.0 Å². The number of hydrogen-bond donors (Lipinski definition) is 2. The Balaban J connectivity index is 2.31. The molecule has 0 aliphatic rings. The smallest absolute Gasteiger partial charge is 0.369 e. The Morgan fingerprint density at radius 3 is 2.13 bits per heavy atom. The number of carboxylic acids is 1. The van der Waals surface area contributed by atoms with Gasteiger partial charge in [-0.15, -0.1) is 0 Å². The summed E-state index contributed by atoms with van der Waals surface area (Å²) in [5, 5.41) is 9.42. The van der Waals surface area contributed by atoms with Gasteiger partial charge in [-0.25, -0.2) is 4.79 Å². The largest absolute Gasteiger partial charge is 0.477 e. The summed E-state index contributed by atoms with van der Waals surface area (Å²) in [5.74, 6) is -2.38. The van der Waals surface area contributed by atoms with Crippen LogP contribution in [0.25, 0.3) is 0 Å². The maximum Gasteiger partial charge on any atom is 0.369 e. The van der Waals surface area contributed by atoms with Crippen molar-refractivity contribution in [1.29, 1.82) is 0 Å². The summed E-state index contributed by atoms with van der Waals surface area (Å²) < 4.78 is 5.02. The lowest BCUT2D eigenvalue weighted by molar-refractivity contribution is -0.179. The molecule has 0 aliphatic heterocycles. The average molecular weight is 354 g/mol. The monoisotopic (exact) mass is 353 g/mol. The number of esters is 1. The molecule has 1 atom stereocenters. The summed E-state index contributed by atoms with van der Waals surface area (Å²) in [6, 6.07) is 13.1. The van der Waals surface area contributed by atoms with E-state index in [4.69, 9.17) is 33.7 Å². The van der Waals surface area contributed by atoms with Gasteiger partial charge in [-0.2, -0.15) is 0 Å². The molecule has 0 bridgehead atoms. The number of rotatable bonds is 5. The Labute approximate surface area is 142 Å². The molecular weight excluding hydrogens is 341 g/mol. The van der Waals surface area contributed by atoms with Gasteiger partial charge in [0.05, 0.1) is 22.0 Å². The third-order valence-electron chi connectivity index (χ3n) is 3.12. The Bertz CT molecular complexity index is 716. The number of hydrogen-bond acceptors (Lipinski definition) is 4. The summed E-state index contributed by atoms with van der Waals surface area (Å²) in [5.41, 5.74) is 3.83. The average Bonchev–Trinajstić information content (AvgIpc) is 2.47. The summed E-state index contributed by atoms with van der Waals surface area (Å²) >= 11 is 12.0. The first-order chi connectivity index (χ1) is 10.8. The minimum atomic E-state index is -2.47. The van der Waals surface area contributed by atoms with Gasteiger partial charge in [0, 0.05) is 0 Å². The predicted molar refractivity (Wildman–Crippen MR) is 86.2 cm³/mol. The molecule has 5 nitrogen and oxygen atoms in total. The van der Waals surface area contributed by atoms with Crippen LogP contribution in [0.15, 0.2) is 48.5 Å². The van der Waals surface area contributed by atoms with Gasteiger partial charge < -0.3 is 9.84 Å². The molecule has 2 aromatic rings. The number of halogens is 2. The Morgan fingerprint density at radius 1 is 1.04 bits per heavy atom. The number of benzene rings is 2. The molecule has 3 N–H and O–H groups in total. The molecule has 0 radical (unpaired) electrons. The van der Waals surface area contributed by atoms with Crippen LogP contribution < -0.4 is 5.73 Å². The Morgan fingerprint density at radius 2 is 1.61 bits per heavy atom. The molecule has 0 amide bonds. The molecule has 1 unspecified atom stereocenters. The van der Waals surface area contributed by atoms with Gasteiger partial charge >= 0.3 is 11.9 Å². The second kappa shape index (κ2) is 7.00. The number of aliphatic carboxylic acids is 1. The van der Waals surface area contributed by atoms with Crippen LogP contribution in [0.3, 0.4) is 0 Å². The van der Waals surface area contributed by atoms with Crippen molar-refractivity contribution in [3.8, 4) is 0 Å². The van der Waals surface area contributed by atoms with Crippen molar-refractivity contribution in [1.82, 2.24) is 0 Å². The Hall–Kier alpha value is -2.08. The van der Waals surface area contributed by atoms with Gasteiger partial charge in [0.1, 0.15) is 0 Å². The molecule has 0 saturated heterocycles. The van der Waals surface area contributed by atoms with Crippen LogP contribution in [0.5, 0.6) is 0 Å². The highest BCUT2D eigenvalue weighted by Gasteiger charge is 2.44. The highest BCUT2D eigenvalue weighted by molar-refractivity contribution is 6.36. The highest BCUT2D eigenvalue weighted by Crippen LogP contribution is 2.34. The maximum absolute atomic E-state index is 12.1. The van der Waals surface area contributed by atoms with Crippen LogP contribution in [0, 0.1) is 0 Å². The lowest BCUT2D eigenvalue weighted by Gasteiger charge is -2.26. The molecule has 2 rings (SSSR count). The summed E-state index contributed by atoms with van der Waals surface area (Å²) in [6.07, 6.45) is -0.130. The first kappa shape index (κ1) is 17.3. The van der Waals surface area contributed by atoms with Gasteiger partial charge in [0.2, 0.25) is 0 Å². The first-order valence-corrected chi connectivity index (χ1v) is 7.32. The van der Waals surface area contributed by atoms with Crippen molar-refractivity contribution >= 4 is 35.1 Å². The van der Waals surface area contributed by atoms with Crippen molar-refractivity contribution in [2.75, 3.05) is 0 Å². The lowest BCUT2D eigenvalue weighted by atomic mass is 10.0. The quantitative estimate of drug-likeness (QED) is 0.637. The minimum Gasteiger partial charge on any atom is -0.477 e. The SMILES string of the molecule is NC(OC(=O)Cc1ccccc1)(C(=O)O)c1c(Cl)cccc1Cl. The maximum atomic E-state index is 12.1. The van der Waals surface area contributed by atoms with Crippen LogP contribution in [-0.2, 0) is 26.5 Å². The van der Waals surface area contributed by atoms with Crippen LogP contribution >= 0.6 is 23.2 Å². The van der Waals surface area contributed by atoms with Gasteiger partial charge in [0.15, 0.2) is 0 Å². The second-order valence-corrected chi connectivity index (χ2v) is 5.59. The first-order valence-electron chi connectivity index (χ1n) is 6.57. The topological polar surface area (TPSA) is 89.6 Å². The summed E-state index contributed by atoms with van der Waals surface area (Å²) in [4.78, 5) is 23.7. The second-order valence-electron chi connectivity index (χ2n) is 4.77. The van der Waals surface area contributed by atoms with Crippen LogP contribution in [0.1, 0.15) is 11.1 Å². The summed E-state index contributed by atoms with van der Waals surface area (Å²) in [7, 11) is 0. The van der Waals surface area contributed by atoms with E-state index in [0.717, 1.165) is 0 Å². The zero-order chi connectivity index (χ0) is 17.0. The number of carbonyl (C=O) groups excluding carboxylic acids is 1. The molecule has 0 aromatic heterocycles. The fraction of sp³-hybridized carbons (Fsp3) is 0.125. The molecule has 7 heteroatoms. The summed E-state index contributed by atoms with van der Waals surface area (Å²) in [6.45, 7) is 0. The van der Waals surface area contributed by atoms with Crippen molar-refractivity contribution in [3.63, 3.8) is 0 Å². The molecule has 0 saturated carbocycles. The minimum absolute atomic E-state index is 0.00471. The molecular formula is C16H13Cl2NO4. The number of ether oxygens (including phenoxy) is 1. The Kier molecular flexibility index (Phi) is 5.26. The third kappa shape index (κ3) is 3.82. The van der Waals surface area contributed by atoms with Crippen molar-refractivity contribution in [3.05, 3.63) is 69.7 Å². The predicted octanol–water partition coefficient (Wildman–Crippen LogP) is 2.98. The third-order valence-corrected chi connectivity index (χ3v) is 3.75. The zero-order valence-electron chi connectivity index (χ0n) is 11.8. The lowest BCUT2D eigenvalue weighted by Crippen LogP contribution is -2.49. The molecule has 0 spiro atoms. The van der Waals surface area contributed by atoms with Gasteiger partial charge in [-0.3, -0.25) is 10.5 Å². The van der Waals surface area contributed by atoms with E-state index in [1.165, 1.54) is 18.2 Å². The van der Waals surface area contributed by atoms with Crippen molar-refractivity contribution in [2.24, 2.45) is 5.73 Å². The fourth-order valence-electron chi connectivity index (χ4n) is 2.03. The molecule has 120 valence electrons. The molecule has 0 fully saturated rings. The van der Waals surface area contributed by atoms with E-state index in [2.05, 4.69) is 0 Å². The molecule has 0 aliphatic carbocycles. The molecule has 23 heavy (non-hydrogen) atoms. The van der Waals surface area contributed by atoms with Crippen molar-refractivity contribution < 1.29 is 19.4 Å². The van der Waals surface area contributed by atoms with E-state index in [-0.39, 0.29) is 22.0 Å². The van der Waals surface area contributed by atoms with E-state index in [1.54, 1.807) is 30.3 Å². The molecule has 0 heterocycles. The van der Waals surface area contributed by atoms with E-state index in [1.807, 2.05) is 0 Å².